The van der Waals surface area contributed by atoms with Crippen LogP contribution in [0, 0.1) is 0 Å². The Morgan fingerprint density at radius 1 is 1.26 bits per heavy atom. The highest BCUT2D eigenvalue weighted by molar-refractivity contribution is 7.98. The van der Waals surface area contributed by atoms with E-state index in [0.717, 1.165) is 27.7 Å². The van der Waals surface area contributed by atoms with Crippen LogP contribution in [0.4, 0.5) is 5.82 Å². The molecule has 0 unspecified atom stereocenters. The number of aromatic nitrogens is 5. The van der Waals surface area contributed by atoms with Crippen LogP contribution in [0.2, 0.25) is 0 Å². The number of hydrogen-bond donors (Lipinski definition) is 2. The van der Waals surface area contributed by atoms with Crippen LogP contribution >= 0.6 is 11.8 Å². The molecule has 0 aliphatic rings. The molecule has 0 atom stereocenters. The lowest BCUT2D eigenvalue weighted by atomic mass is 10.3. The number of aromatic amines is 1. The molecular weight excluding hydrogens is 260 g/mol. The molecule has 19 heavy (non-hydrogen) atoms. The quantitative estimate of drug-likeness (QED) is 0.559. The van der Waals surface area contributed by atoms with Gasteiger partial charge in [-0.2, -0.15) is 0 Å². The van der Waals surface area contributed by atoms with Crippen LogP contribution in [-0.2, 0) is 5.75 Å². The number of fused-ring (bicyclic) bond motifs is 1. The molecule has 0 radical (unpaired) electrons. The number of hydrogen-bond acceptors (Lipinski definition) is 6. The first-order valence-corrected chi connectivity index (χ1v) is 6.75. The molecule has 96 valence electrons. The molecule has 0 aliphatic carbocycles. The SMILES string of the molecule is CNc1ncccc1CSc1ncnc2nc[nH]c12. The Labute approximate surface area is 114 Å². The summed E-state index contributed by atoms with van der Waals surface area (Å²) < 4.78 is 0. The van der Waals surface area contributed by atoms with Gasteiger partial charge in [-0.05, 0) is 6.07 Å². The molecule has 3 rings (SSSR count). The van der Waals surface area contributed by atoms with Crippen molar-refractivity contribution in [3.8, 4) is 0 Å². The van der Waals surface area contributed by atoms with E-state index in [1.54, 1.807) is 24.3 Å². The summed E-state index contributed by atoms with van der Waals surface area (Å²) in [5.41, 5.74) is 2.71. The van der Waals surface area contributed by atoms with Gasteiger partial charge in [0.2, 0.25) is 0 Å². The van der Waals surface area contributed by atoms with Crippen LogP contribution in [0.1, 0.15) is 5.56 Å². The predicted molar refractivity (Wildman–Crippen MR) is 75.0 cm³/mol. The van der Waals surface area contributed by atoms with Crippen molar-refractivity contribution in [1.82, 2.24) is 24.9 Å². The number of pyridine rings is 1. The van der Waals surface area contributed by atoms with Crippen molar-refractivity contribution >= 4 is 28.7 Å². The highest BCUT2D eigenvalue weighted by Crippen LogP contribution is 2.27. The number of imidazole rings is 1. The number of nitrogens with one attached hydrogen (secondary N) is 2. The maximum Gasteiger partial charge on any atom is 0.181 e. The van der Waals surface area contributed by atoms with E-state index < -0.39 is 0 Å². The fraction of sp³-hybridized carbons (Fsp3) is 0.167. The topological polar surface area (TPSA) is 79.4 Å². The van der Waals surface area contributed by atoms with Crippen LogP contribution in [0.25, 0.3) is 11.2 Å². The molecule has 0 saturated heterocycles. The van der Waals surface area contributed by atoms with E-state index >= 15 is 0 Å². The number of rotatable bonds is 4. The first-order chi connectivity index (χ1) is 9.38. The minimum absolute atomic E-state index is 0.692. The molecule has 7 heteroatoms. The third-order valence-corrected chi connectivity index (χ3v) is 3.72. The molecule has 0 aromatic carbocycles. The van der Waals surface area contributed by atoms with Crippen molar-refractivity contribution < 1.29 is 0 Å². The Hall–Kier alpha value is -2.15. The van der Waals surface area contributed by atoms with Gasteiger partial charge in [0, 0.05) is 24.6 Å². The van der Waals surface area contributed by atoms with E-state index in [1.807, 2.05) is 13.1 Å². The van der Waals surface area contributed by atoms with Gasteiger partial charge in [-0.25, -0.2) is 19.9 Å². The summed E-state index contributed by atoms with van der Waals surface area (Å²) in [4.78, 5) is 19.9. The highest BCUT2D eigenvalue weighted by atomic mass is 32.2. The van der Waals surface area contributed by atoms with Gasteiger partial charge in [0.15, 0.2) is 5.65 Å². The van der Waals surface area contributed by atoms with Crippen molar-refractivity contribution in [2.75, 3.05) is 12.4 Å². The molecule has 0 amide bonds. The van der Waals surface area contributed by atoms with Gasteiger partial charge < -0.3 is 10.3 Å². The number of H-pyrrole nitrogens is 1. The summed E-state index contributed by atoms with van der Waals surface area (Å²) in [5, 5.41) is 3.98. The van der Waals surface area contributed by atoms with Gasteiger partial charge >= 0.3 is 0 Å². The summed E-state index contributed by atoms with van der Waals surface area (Å²) in [6.45, 7) is 0. The van der Waals surface area contributed by atoms with Crippen molar-refractivity contribution in [3.63, 3.8) is 0 Å². The first kappa shape index (κ1) is 11.9. The highest BCUT2D eigenvalue weighted by Gasteiger charge is 2.08. The number of nitrogens with zero attached hydrogens (tertiary/aromatic N) is 4. The molecule has 3 heterocycles. The molecular formula is C12H12N6S. The Kier molecular flexibility index (Phi) is 3.28. The smallest absolute Gasteiger partial charge is 0.181 e. The van der Waals surface area contributed by atoms with Crippen LogP contribution in [0.3, 0.4) is 0 Å². The lowest BCUT2D eigenvalue weighted by Gasteiger charge is -2.07. The zero-order chi connectivity index (χ0) is 13.1. The minimum atomic E-state index is 0.692. The third-order valence-electron chi connectivity index (χ3n) is 2.68. The fourth-order valence-corrected chi connectivity index (χ4v) is 2.72. The van der Waals surface area contributed by atoms with Gasteiger partial charge in [-0.3, -0.25) is 0 Å². The largest absolute Gasteiger partial charge is 0.373 e. The minimum Gasteiger partial charge on any atom is -0.373 e. The lowest BCUT2D eigenvalue weighted by Crippen LogP contribution is -1.97. The molecule has 2 N–H and O–H groups in total. The Morgan fingerprint density at radius 3 is 3.11 bits per heavy atom. The Morgan fingerprint density at radius 2 is 2.21 bits per heavy atom. The standard InChI is InChI=1S/C12H12N6S/c1-13-10-8(3-2-4-14-10)5-19-12-9-11(16-6-15-9)17-7-18-12/h2-4,6-7H,5H2,1H3,(H,13,14)(H,15,16,17,18). The monoisotopic (exact) mass is 272 g/mol. The summed E-state index contributed by atoms with van der Waals surface area (Å²) in [7, 11) is 1.87. The summed E-state index contributed by atoms with van der Waals surface area (Å²) in [6, 6.07) is 3.99. The number of thioether (sulfide) groups is 1. The second-order valence-electron chi connectivity index (χ2n) is 3.83. The molecule has 0 fully saturated rings. The zero-order valence-corrected chi connectivity index (χ0v) is 11.1. The maximum atomic E-state index is 4.29. The van der Waals surface area contributed by atoms with E-state index in [4.69, 9.17) is 0 Å². The van der Waals surface area contributed by atoms with Crippen LogP contribution in [-0.4, -0.2) is 32.0 Å². The van der Waals surface area contributed by atoms with Crippen molar-refractivity contribution in [2.24, 2.45) is 0 Å². The van der Waals surface area contributed by atoms with Gasteiger partial charge in [0.25, 0.3) is 0 Å². The second-order valence-corrected chi connectivity index (χ2v) is 4.79. The molecule has 3 aromatic rings. The third kappa shape index (κ3) is 2.37. The molecule has 3 aromatic heterocycles. The normalized spacial score (nSPS) is 10.8. The Balaban J connectivity index is 1.84. The summed E-state index contributed by atoms with van der Waals surface area (Å²) >= 11 is 1.63. The number of anilines is 1. The van der Waals surface area contributed by atoms with Crippen LogP contribution in [0.5, 0.6) is 0 Å². The average molecular weight is 272 g/mol. The van der Waals surface area contributed by atoms with Gasteiger partial charge in [-0.15, -0.1) is 0 Å². The van der Waals surface area contributed by atoms with E-state index in [1.165, 1.54) is 6.33 Å². The van der Waals surface area contributed by atoms with Crippen molar-refractivity contribution in [2.45, 2.75) is 10.8 Å². The average Bonchev–Trinajstić information content (AvgIpc) is 2.94. The van der Waals surface area contributed by atoms with Gasteiger partial charge in [0.1, 0.15) is 22.7 Å². The van der Waals surface area contributed by atoms with Gasteiger partial charge in [0.05, 0.1) is 6.33 Å². The summed E-state index contributed by atoms with van der Waals surface area (Å²) in [5.74, 6) is 1.68. The van der Waals surface area contributed by atoms with Gasteiger partial charge in [-0.1, -0.05) is 17.8 Å². The molecule has 0 spiro atoms. The van der Waals surface area contributed by atoms with Crippen molar-refractivity contribution in [1.29, 1.82) is 0 Å². The van der Waals surface area contributed by atoms with E-state index in [9.17, 15) is 0 Å². The van der Waals surface area contributed by atoms with E-state index in [2.05, 4.69) is 36.3 Å². The fourth-order valence-electron chi connectivity index (χ4n) is 1.78. The maximum absolute atomic E-state index is 4.29. The molecule has 0 saturated carbocycles. The van der Waals surface area contributed by atoms with Crippen molar-refractivity contribution in [3.05, 3.63) is 36.5 Å². The van der Waals surface area contributed by atoms with E-state index in [-0.39, 0.29) is 0 Å². The Bertz CT molecular complexity index is 695. The predicted octanol–water partition coefficient (Wildman–Crippen LogP) is 2.08. The van der Waals surface area contributed by atoms with Crippen LogP contribution in [0.15, 0.2) is 36.0 Å². The van der Waals surface area contributed by atoms with E-state index in [0.29, 0.717) is 5.65 Å². The lowest BCUT2D eigenvalue weighted by molar-refractivity contribution is 1.08. The van der Waals surface area contributed by atoms with Crippen LogP contribution < -0.4 is 5.32 Å². The summed E-state index contributed by atoms with van der Waals surface area (Å²) in [6.07, 6.45) is 4.94. The first-order valence-electron chi connectivity index (χ1n) is 5.77. The molecule has 0 bridgehead atoms. The second kappa shape index (κ2) is 5.23. The molecule has 6 nitrogen and oxygen atoms in total. The molecule has 0 aliphatic heterocycles. The zero-order valence-electron chi connectivity index (χ0n) is 10.3.